The molecule has 0 radical (unpaired) electrons. The van der Waals surface area contributed by atoms with Crippen LogP contribution in [0, 0.1) is 0 Å². The molecule has 1 aliphatic carbocycles. The molecular formula is C6H10FNO2. The van der Waals surface area contributed by atoms with Gasteiger partial charge in [0.1, 0.15) is 11.7 Å². The summed E-state index contributed by atoms with van der Waals surface area (Å²) < 4.78 is 16.6. The first-order chi connectivity index (χ1) is 4.58. The predicted molar refractivity (Wildman–Crippen MR) is 33.1 cm³/mol. The van der Waals surface area contributed by atoms with E-state index in [9.17, 15) is 9.18 Å². The van der Waals surface area contributed by atoms with Gasteiger partial charge < -0.3 is 10.5 Å². The Bertz CT molecular complexity index is 154. The minimum absolute atomic E-state index is 0.0969. The molecule has 10 heavy (non-hydrogen) atoms. The molecule has 0 spiro atoms. The monoisotopic (exact) mass is 147 g/mol. The standard InChI is InChI=1S/C6H10FNO2/c1-10-5(9)6(8)2-4(7)3-6/h4H,2-3,8H2,1H3. The van der Waals surface area contributed by atoms with Gasteiger partial charge in [0, 0.05) is 12.8 Å². The summed E-state index contributed by atoms with van der Waals surface area (Å²) in [5.41, 5.74) is 4.40. The first-order valence-electron chi connectivity index (χ1n) is 3.10. The Morgan fingerprint density at radius 3 is 2.60 bits per heavy atom. The van der Waals surface area contributed by atoms with Crippen molar-refractivity contribution in [3.63, 3.8) is 0 Å². The molecule has 2 N–H and O–H groups in total. The molecule has 4 heteroatoms. The molecule has 0 heterocycles. The van der Waals surface area contributed by atoms with Crippen molar-refractivity contribution in [2.24, 2.45) is 5.73 Å². The normalized spacial score (nSPS) is 38.5. The lowest BCUT2D eigenvalue weighted by molar-refractivity contribution is -0.153. The summed E-state index contributed by atoms with van der Waals surface area (Å²) in [5, 5.41) is 0. The summed E-state index contributed by atoms with van der Waals surface area (Å²) in [6.07, 6.45) is -0.733. The fourth-order valence-electron chi connectivity index (χ4n) is 1.10. The van der Waals surface area contributed by atoms with Crippen molar-refractivity contribution < 1.29 is 13.9 Å². The zero-order valence-corrected chi connectivity index (χ0v) is 5.76. The molecule has 0 aromatic rings. The van der Waals surface area contributed by atoms with Crippen LogP contribution in [0.1, 0.15) is 12.8 Å². The third-order valence-corrected chi connectivity index (χ3v) is 1.76. The molecule has 0 unspecified atom stereocenters. The highest BCUT2D eigenvalue weighted by atomic mass is 19.1. The number of esters is 1. The van der Waals surface area contributed by atoms with Gasteiger partial charge in [0.25, 0.3) is 0 Å². The molecule has 0 amide bonds. The largest absolute Gasteiger partial charge is 0.468 e. The summed E-state index contributed by atoms with van der Waals surface area (Å²) in [7, 11) is 1.25. The number of ether oxygens (including phenoxy) is 1. The van der Waals surface area contributed by atoms with Crippen LogP contribution in [-0.2, 0) is 9.53 Å². The maximum atomic E-state index is 12.2. The second-order valence-corrected chi connectivity index (χ2v) is 2.65. The Balaban J connectivity index is 2.48. The number of hydrogen-bond acceptors (Lipinski definition) is 3. The summed E-state index contributed by atoms with van der Waals surface area (Å²) in [6.45, 7) is 0. The number of carbonyl (C=O) groups is 1. The van der Waals surface area contributed by atoms with Crippen LogP contribution in [0.4, 0.5) is 4.39 Å². The number of halogens is 1. The van der Waals surface area contributed by atoms with Crippen LogP contribution in [0.25, 0.3) is 0 Å². The first-order valence-corrected chi connectivity index (χ1v) is 3.10. The van der Waals surface area contributed by atoms with Crippen molar-refractivity contribution >= 4 is 5.97 Å². The molecule has 0 bridgehead atoms. The van der Waals surface area contributed by atoms with Crippen LogP contribution in [0.2, 0.25) is 0 Å². The highest BCUT2D eigenvalue weighted by Gasteiger charge is 2.48. The van der Waals surface area contributed by atoms with E-state index in [4.69, 9.17) is 5.73 Å². The molecule has 3 nitrogen and oxygen atoms in total. The van der Waals surface area contributed by atoms with Crippen molar-refractivity contribution in [3.8, 4) is 0 Å². The summed E-state index contributed by atoms with van der Waals surface area (Å²) >= 11 is 0. The Kier molecular flexibility index (Phi) is 1.64. The van der Waals surface area contributed by atoms with E-state index in [0.29, 0.717) is 0 Å². The van der Waals surface area contributed by atoms with Gasteiger partial charge in [-0.25, -0.2) is 4.39 Å². The Morgan fingerprint density at radius 2 is 2.30 bits per heavy atom. The molecule has 58 valence electrons. The van der Waals surface area contributed by atoms with Gasteiger partial charge in [-0.05, 0) is 0 Å². The van der Waals surface area contributed by atoms with Crippen molar-refractivity contribution in [2.75, 3.05) is 7.11 Å². The zero-order valence-electron chi connectivity index (χ0n) is 5.76. The molecule has 1 aliphatic rings. The topological polar surface area (TPSA) is 52.3 Å². The number of alkyl halides is 1. The maximum Gasteiger partial charge on any atom is 0.326 e. The van der Waals surface area contributed by atoms with Crippen LogP contribution in [0.3, 0.4) is 0 Å². The zero-order chi connectivity index (χ0) is 7.78. The highest BCUT2D eigenvalue weighted by Crippen LogP contribution is 2.33. The van der Waals surface area contributed by atoms with Gasteiger partial charge in [-0.15, -0.1) is 0 Å². The minimum Gasteiger partial charge on any atom is -0.468 e. The van der Waals surface area contributed by atoms with Crippen molar-refractivity contribution in [1.29, 1.82) is 0 Å². The predicted octanol–water partition coefficient (Wildman–Crippen LogP) is -0.0112. The SMILES string of the molecule is COC(=O)C1(N)CC(F)C1. The number of hydrogen-bond donors (Lipinski definition) is 1. The minimum atomic E-state index is -1.03. The summed E-state index contributed by atoms with van der Waals surface area (Å²) in [5.74, 6) is -0.513. The van der Waals surface area contributed by atoms with Crippen molar-refractivity contribution in [2.45, 2.75) is 24.6 Å². The first kappa shape index (κ1) is 7.47. The van der Waals surface area contributed by atoms with Crippen LogP contribution in [0.15, 0.2) is 0 Å². The van der Waals surface area contributed by atoms with E-state index in [2.05, 4.69) is 4.74 Å². The molecule has 0 aromatic heterocycles. The lowest BCUT2D eigenvalue weighted by atomic mass is 9.76. The fourth-order valence-corrected chi connectivity index (χ4v) is 1.10. The van der Waals surface area contributed by atoms with E-state index in [0.717, 1.165) is 0 Å². The maximum absolute atomic E-state index is 12.2. The highest BCUT2D eigenvalue weighted by molar-refractivity contribution is 5.81. The number of carbonyl (C=O) groups excluding carboxylic acids is 1. The van der Waals surface area contributed by atoms with Crippen LogP contribution in [-0.4, -0.2) is 24.8 Å². The molecule has 1 rings (SSSR count). The molecule has 0 atom stereocenters. The van der Waals surface area contributed by atoms with Crippen molar-refractivity contribution in [3.05, 3.63) is 0 Å². The van der Waals surface area contributed by atoms with Gasteiger partial charge in [0.2, 0.25) is 0 Å². The molecule has 0 aromatic carbocycles. The smallest absolute Gasteiger partial charge is 0.326 e. The lowest BCUT2D eigenvalue weighted by Gasteiger charge is -2.37. The van der Waals surface area contributed by atoms with Gasteiger partial charge in [-0.3, -0.25) is 4.79 Å². The van der Waals surface area contributed by atoms with Gasteiger partial charge in [-0.1, -0.05) is 0 Å². The number of rotatable bonds is 1. The molecule has 0 aliphatic heterocycles. The van der Waals surface area contributed by atoms with E-state index in [1.807, 2.05) is 0 Å². The van der Waals surface area contributed by atoms with E-state index in [1.54, 1.807) is 0 Å². The third kappa shape index (κ3) is 0.988. The van der Waals surface area contributed by atoms with Gasteiger partial charge in [0.15, 0.2) is 0 Å². The Hall–Kier alpha value is -0.640. The van der Waals surface area contributed by atoms with E-state index in [1.165, 1.54) is 7.11 Å². The van der Waals surface area contributed by atoms with Gasteiger partial charge in [0.05, 0.1) is 7.11 Å². The summed E-state index contributed by atoms with van der Waals surface area (Å²) in [6, 6.07) is 0. The van der Waals surface area contributed by atoms with Crippen LogP contribution in [0.5, 0.6) is 0 Å². The molecular weight excluding hydrogens is 137 g/mol. The van der Waals surface area contributed by atoms with E-state index >= 15 is 0 Å². The molecule has 0 saturated heterocycles. The fraction of sp³-hybridized carbons (Fsp3) is 0.833. The molecule has 1 fully saturated rings. The summed E-state index contributed by atoms with van der Waals surface area (Å²) in [4.78, 5) is 10.7. The quantitative estimate of drug-likeness (QED) is 0.531. The third-order valence-electron chi connectivity index (χ3n) is 1.76. The van der Waals surface area contributed by atoms with E-state index in [-0.39, 0.29) is 12.8 Å². The average molecular weight is 147 g/mol. The average Bonchev–Trinajstić information content (AvgIpc) is 1.83. The second kappa shape index (κ2) is 2.20. The second-order valence-electron chi connectivity index (χ2n) is 2.65. The van der Waals surface area contributed by atoms with E-state index < -0.39 is 17.7 Å². The van der Waals surface area contributed by atoms with Gasteiger partial charge in [-0.2, -0.15) is 0 Å². The van der Waals surface area contributed by atoms with Gasteiger partial charge >= 0.3 is 5.97 Å². The molecule has 1 saturated carbocycles. The number of methoxy groups -OCH3 is 1. The van der Waals surface area contributed by atoms with Crippen LogP contribution < -0.4 is 5.73 Å². The van der Waals surface area contributed by atoms with Crippen LogP contribution >= 0.6 is 0 Å². The lowest BCUT2D eigenvalue weighted by Crippen LogP contribution is -2.59. The Morgan fingerprint density at radius 1 is 1.80 bits per heavy atom. The Labute approximate surface area is 58.3 Å². The number of nitrogens with two attached hydrogens (primary N) is 1. The van der Waals surface area contributed by atoms with Crippen molar-refractivity contribution in [1.82, 2.24) is 0 Å².